The molecule has 0 heterocycles. The van der Waals surface area contributed by atoms with Crippen LogP contribution >= 0.6 is 0 Å². The molecule has 0 amide bonds. The molecule has 102 valence electrons. The molecule has 0 radical (unpaired) electrons. The Morgan fingerprint density at radius 2 is 2.21 bits per heavy atom. The number of carbonyl (C=O) groups is 1. The molecule has 0 aliphatic rings. The monoisotopic (exact) mass is 264 g/mol. The first-order valence-corrected chi connectivity index (χ1v) is 5.96. The molecular weight excluding hydrogens is 248 g/mol. The van der Waals surface area contributed by atoms with Crippen LogP contribution in [0.2, 0.25) is 0 Å². The van der Waals surface area contributed by atoms with Gasteiger partial charge in [0.2, 0.25) is 0 Å². The van der Waals surface area contributed by atoms with E-state index in [1.165, 1.54) is 12.2 Å². The molecule has 0 fully saturated rings. The number of benzene rings is 1. The van der Waals surface area contributed by atoms with E-state index in [1.54, 1.807) is 25.1 Å². The Hall–Kier alpha value is -2.37. The topological polar surface area (TPSA) is 81.5 Å². The number of para-hydroxylation sites is 1. The fraction of sp³-hybridized carbons (Fsp3) is 0.308. The quantitative estimate of drug-likeness (QED) is 0.369. The second-order valence-corrected chi connectivity index (χ2v) is 3.62. The molecule has 0 atom stereocenters. The van der Waals surface area contributed by atoms with E-state index in [0.29, 0.717) is 17.8 Å². The molecule has 6 nitrogen and oxygen atoms in total. The van der Waals surface area contributed by atoms with Gasteiger partial charge in [-0.1, -0.05) is 6.07 Å². The molecule has 0 aliphatic heterocycles. The number of hydrogen-bond donors (Lipinski definition) is 1. The zero-order valence-corrected chi connectivity index (χ0v) is 10.9. The molecule has 0 unspecified atom stereocenters. The standard InChI is InChI=1S/C13H16N2O4/c1-3-14-11-7-5-6-10(13(11)15(17)18)8-9-12(16)19-4-2/h5-9,14H,3-4H2,1-2H3/b9-8+. The Morgan fingerprint density at radius 3 is 2.79 bits per heavy atom. The molecule has 0 aliphatic carbocycles. The molecule has 19 heavy (non-hydrogen) atoms. The van der Waals surface area contributed by atoms with Crippen molar-refractivity contribution in [1.29, 1.82) is 0 Å². The average Bonchev–Trinajstić information content (AvgIpc) is 2.37. The van der Waals surface area contributed by atoms with Gasteiger partial charge in [0, 0.05) is 12.6 Å². The number of ether oxygens (including phenoxy) is 1. The first kappa shape index (κ1) is 14.7. The zero-order valence-electron chi connectivity index (χ0n) is 10.9. The highest BCUT2D eigenvalue weighted by molar-refractivity contribution is 5.89. The Labute approximate surface area is 111 Å². The number of anilines is 1. The molecule has 6 heteroatoms. The lowest BCUT2D eigenvalue weighted by Crippen LogP contribution is -2.03. The summed E-state index contributed by atoms with van der Waals surface area (Å²) in [4.78, 5) is 21.8. The summed E-state index contributed by atoms with van der Waals surface area (Å²) in [6.07, 6.45) is 2.57. The minimum absolute atomic E-state index is 0.0510. The molecular formula is C13H16N2O4. The number of nitrogens with zero attached hydrogens (tertiary/aromatic N) is 1. The maximum atomic E-state index is 11.2. The predicted molar refractivity (Wildman–Crippen MR) is 72.9 cm³/mol. The molecule has 0 saturated carbocycles. The summed E-state index contributed by atoms with van der Waals surface area (Å²) in [6.45, 7) is 4.39. The Kier molecular flexibility index (Phi) is 5.53. The minimum atomic E-state index is -0.523. The molecule has 0 saturated heterocycles. The van der Waals surface area contributed by atoms with Crippen LogP contribution < -0.4 is 5.32 Å². The number of rotatable bonds is 6. The van der Waals surface area contributed by atoms with Gasteiger partial charge in [0.05, 0.1) is 17.1 Å². The van der Waals surface area contributed by atoms with Crippen molar-refractivity contribution in [2.75, 3.05) is 18.5 Å². The molecule has 1 aromatic carbocycles. The summed E-state index contributed by atoms with van der Waals surface area (Å²) in [7, 11) is 0. The maximum absolute atomic E-state index is 11.2. The van der Waals surface area contributed by atoms with Gasteiger partial charge >= 0.3 is 5.97 Å². The van der Waals surface area contributed by atoms with Crippen LogP contribution in [0.15, 0.2) is 24.3 Å². The molecule has 1 rings (SSSR count). The van der Waals surface area contributed by atoms with E-state index in [0.717, 1.165) is 0 Å². The molecule has 0 spiro atoms. The molecule has 1 N–H and O–H groups in total. The third kappa shape index (κ3) is 4.09. The van der Waals surface area contributed by atoms with Crippen LogP contribution in [0, 0.1) is 10.1 Å². The predicted octanol–water partition coefficient (Wildman–Crippen LogP) is 2.60. The van der Waals surface area contributed by atoms with Gasteiger partial charge in [-0.25, -0.2) is 4.79 Å². The Bertz CT molecular complexity index is 497. The van der Waals surface area contributed by atoms with Crippen LogP contribution in [0.5, 0.6) is 0 Å². The van der Waals surface area contributed by atoms with E-state index in [9.17, 15) is 14.9 Å². The average molecular weight is 264 g/mol. The van der Waals surface area contributed by atoms with E-state index in [-0.39, 0.29) is 12.3 Å². The van der Waals surface area contributed by atoms with Crippen LogP contribution in [0.25, 0.3) is 6.08 Å². The highest BCUT2D eigenvalue weighted by Crippen LogP contribution is 2.29. The van der Waals surface area contributed by atoms with Crippen LogP contribution in [0.4, 0.5) is 11.4 Å². The lowest BCUT2D eigenvalue weighted by Gasteiger charge is -2.06. The van der Waals surface area contributed by atoms with Crippen LogP contribution in [0.1, 0.15) is 19.4 Å². The van der Waals surface area contributed by atoms with Crippen LogP contribution in [-0.4, -0.2) is 24.0 Å². The van der Waals surface area contributed by atoms with E-state index in [4.69, 9.17) is 4.74 Å². The van der Waals surface area contributed by atoms with Gasteiger partial charge in [-0.15, -0.1) is 0 Å². The van der Waals surface area contributed by atoms with E-state index >= 15 is 0 Å². The van der Waals surface area contributed by atoms with Gasteiger partial charge in [0.25, 0.3) is 5.69 Å². The number of carbonyl (C=O) groups excluding carboxylic acids is 1. The summed E-state index contributed by atoms with van der Waals surface area (Å²) in [5, 5.41) is 14.0. The minimum Gasteiger partial charge on any atom is -0.463 e. The SMILES string of the molecule is CCNc1cccc(/C=C/C(=O)OCC)c1[N+](=O)[O-]. The van der Waals surface area contributed by atoms with E-state index < -0.39 is 10.9 Å². The lowest BCUT2D eigenvalue weighted by atomic mass is 10.1. The third-order valence-corrected chi connectivity index (χ3v) is 2.30. The third-order valence-electron chi connectivity index (χ3n) is 2.30. The van der Waals surface area contributed by atoms with Crippen molar-refractivity contribution >= 4 is 23.4 Å². The van der Waals surface area contributed by atoms with Crippen molar-refractivity contribution in [1.82, 2.24) is 0 Å². The van der Waals surface area contributed by atoms with Crippen molar-refractivity contribution < 1.29 is 14.5 Å². The number of nitro benzene ring substituents is 1. The van der Waals surface area contributed by atoms with Gasteiger partial charge in [-0.3, -0.25) is 10.1 Å². The largest absolute Gasteiger partial charge is 0.463 e. The maximum Gasteiger partial charge on any atom is 0.330 e. The summed E-state index contributed by atoms with van der Waals surface area (Å²) >= 11 is 0. The van der Waals surface area contributed by atoms with Crippen molar-refractivity contribution in [3.8, 4) is 0 Å². The van der Waals surface area contributed by atoms with Gasteiger partial charge in [-0.2, -0.15) is 0 Å². The summed E-state index contributed by atoms with van der Waals surface area (Å²) < 4.78 is 4.73. The van der Waals surface area contributed by atoms with Gasteiger partial charge < -0.3 is 10.1 Å². The van der Waals surface area contributed by atoms with E-state index in [1.807, 2.05) is 6.92 Å². The summed E-state index contributed by atoms with van der Waals surface area (Å²) in [6, 6.07) is 4.90. The lowest BCUT2D eigenvalue weighted by molar-refractivity contribution is -0.384. The summed E-state index contributed by atoms with van der Waals surface area (Å²) in [5.41, 5.74) is 0.736. The Morgan fingerprint density at radius 1 is 1.47 bits per heavy atom. The van der Waals surface area contributed by atoms with E-state index in [2.05, 4.69) is 5.32 Å². The molecule has 0 bridgehead atoms. The highest BCUT2D eigenvalue weighted by Gasteiger charge is 2.17. The van der Waals surface area contributed by atoms with Crippen molar-refractivity contribution in [2.45, 2.75) is 13.8 Å². The van der Waals surface area contributed by atoms with Gasteiger partial charge in [0.15, 0.2) is 0 Å². The second-order valence-electron chi connectivity index (χ2n) is 3.62. The highest BCUT2D eigenvalue weighted by atomic mass is 16.6. The fourth-order valence-electron chi connectivity index (χ4n) is 1.58. The smallest absolute Gasteiger partial charge is 0.330 e. The normalized spacial score (nSPS) is 10.4. The molecule has 0 aromatic heterocycles. The first-order chi connectivity index (χ1) is 9.10. The number of nitro groups is 1. The van der Waals surface area contributed by atoms with Gasteiger partial charge in [0.1, 0.15) is 5.69 Å². The van der Waals surface area contributed by atoms with Crippen LogP contribution in [-0.2, 0) is 9.53 Å². The number of nitrogens with one attached hydrogen (secondary N) is 1. The fourth-order valence-corrected chi connectivity index (χ4v) is 1.58. The first-order valence-electron chi connectivity index (χ1n) is 5.96. The number of hydrogen-bond acceptors (Lipinski definition) is 5. The molecule has 1 aromatic rings. The number of esters is 1. The van der Waals surface area contributed by atoms with Crippen molar-refractivity contribution in [2.24, 2.45) is 0 Å². The van der Waals surface area contributed by atoms with Crippen molar-refractivity contribution in [3.63, 3.8) is 0 Å². The summed E-state index contributed by atoms with van der Waals surface area (Å²) in [5.74, 6) is -0.523. The van der Waals surface area contributed by atoms with Crippen molar-refractivity contribution in [3.05, 3.63) is 40.0 Å². The second kappa shape index (κ2) is 7.15. The van der Waals surface area contributed by atoms with Gasteiger partial charge in [-0.05, 0) is 32.1 Å². The zero-order chi connectivity index (χ0) is 14.3. The Balaban J connectivity index is 3.09. The van der Waals surface area contributed by atoms with Crippen LogP contribution in [0.3, 0.4) is 0 Å².